The van der Waals surface area contributed by atoms with Gasteiger partial charge >= 0.3 is 0 Å². The van der Waals surface area contributed by atoms with Gasteiger partial charge in [-0.3, -0.25) is 14.5 Å². The smallest absolute Gasteiger partial charge is 0.277 e. The van der Waals surface area contributed by atoms with Crippen LogP contribution >= 0.6 is 0 Å². The van der Waals surface area contributed by atoms with E-state index in [0.29, 0.717) is 17.8 Å². The van der Waals surface area contributed by atoms with Crippen LogP contribution in [0.4, 0.5) is 0 Å². The van der Waals surface area contributed by atoms with E-state index in [9.17, 15) is 9.59 Å². The molecule has 4 heteroatoms. The molecule has 2 heterocycles. The number of hydrogen-bond donors (Lipinski definition) is 0. The van der Waals surface area contributed by atoms with Crippen LogP contribution in [-0.4, -0.2) is 41.2 Å². The summed E-state index contributed by atoms with van der Waals surface area (Å²) in [4.78, 5) is 29.6. The Morgan fingerprint density at radius 3 is 2.33 bits per heavy atom. The van der Waals surface area contributed by atoms with Gasteiger partial charge in [0.05, 0.1) is 5.57 Å². The zero-order valence-electron chi connectivity index (χ0n) is 14.9. The van der Waals surface area contributed by atoms with E-state index in [1.807, 2.05) is 32.9 Å². The Labute approximate surface area is 144 Å². The second-order valence-corrected chi connectivity index (χ2v) is 6.85. The van der Waals surface area contributed by atoms with Crippen molar-refractivity contribution in [3.8, 4) is 0 Å². The number of piperidine rings is 1. The molecule has 0 atom stereocenters. The number of benzene rings is 1. The van der Waals surface area contributed by atoms with Crippen LogP contribution < -0.4 is 0 Å². The Balaban J connectivity index is 2.11. The first-order valence-corrected chi connectivity index (χ1v) is 8.97. The van der Waals surface area contributed by atoms with Crippen molar-refractivity contribution in [1.82, 2.24) is 9.80 Å². The third-order valence-electron chi connectivity index (χ3n) is 4.91. The van der Waals surface area contributed by atoms with Gasteiger partial charge in [0.1, 0.15) is 5.70 Å². The summed E-state index contributed by atoms with van der Waals surface area (Å²) in [6, 6.07) is 6.09. The van der Waals surface area contributed by atoms with Crippen molar-refractivity contribution in [3.63, 3.8) is 0 Å². The number of likely N-dealkylation sites (tertiary alicyclic amines) is 1. The molecule has 2 amide bonds. The fraction of sp³-hybridized carbons (Fsp3) is 0.500. The molecule has 0 N–H and O–H groups in total. The monoisotopic (exact) mass is 326 g/mol. The summed E-state index contributed by atoms with van der Waals surface area (Å²) in [6.45, 7) is 8.27. The lowest BCUT2D eigenvalue weighted by molar-refractivity contribution is -0.137. The van der Waals surface area contributed by atoms with E-state index in [1.54, 1.807) is 0 Å². The van der Waals surface area contributed by atoms with E-state index in [2.05, 4.69) is 11.0 Å². The molecule has 1 saturated heterocycles. The molecular formula is C20H26N2O2. The van der Waals surface area contributed by atoms with Crippen molar-refractivity contribution >= 4 is 17.4 Å². The van der Waals surface area contributed by atoms with E-state index < -0.39 is 0 Å². The lowest BCUT2D eigenvalue weighted by atomic mass is 9.97. The molecule has 128 valence electrons. The second-order valence-electron chi connectivity index (χ2n) is 6.85. The Morgan fingerprint density at radius 2 is 1.71 bits per heavy atom. The normalized spacial score (nSPS) is 18.8. The minimum atomic E-state index is -0.130. The number of aryl methyl sites for hydroxylation is 2. The summed E-state index contributed by atoms with van der Waals surface area (Å²) in [5.74, 6) is -0.242. The summed E-state index contributed by atoms with van der Waals surface area (Å²) in [7, 11) is 0. The summed E-state index contributed by atoms with van der Waals surface area (Å²) in [5, 5.41) is 0. The van der Waals surface area contributed by atoms with Gasteiger partial charge in [0.2, 0.25) is 0 Å². The number of rotatable bonds is 4. The maximum atomic E-state index is 13.0. The number of hydrogen-bond acceptors (Lipinski definition) is 3. The van der Waals surface area contributed by atoms with Gasteiger partial charge in [-0.05, 0) is 50.7 Å². The molecule has 0 aliphatic carbocycles. The molecule has 1 aromatic rings. The van der Waals surface area contributed by atoms with Crippen LogP contribution in [0.1, 0.15) is 49.3 Å². The molecule has 2 aliphatic rings. The molecular weight excluding hydrogens is 300 g/mol. The highest BCUT2D eigenvalue weighted by Gasteiger charge is 2.41. The fourth-order valence-electron chi connectivity index (χ4n) is 3.74. The molecule has 0 unspecified atom stereocenters. The lowest BCUT2D eigenvalue weighted by Gasteiger charge is -2.29. The molecule has 24 heavy (non-hydrogen) atoms. The first-order chi connectivity index (χ1) is 11.5. The van der Waals surface area contributed by atoms with Gasteiger partial charge in [-0.2, -0.15) is 0 Å². The van der Waals surface area contributed by atoms with Gasteiger partial charge in [0.25, 0.3) is 11.8 Å². The molecule has 2 aliphatic heterocycles. The highest BCUT2D eigenvalue weighted by molar-refractivity contribution is 6.35. The highest BCUT2D eigenvalue weighted by atomic mass is 16.2. The van der Waals surface area contributed by atoms with Gasteiger partial charge in [0, 0.05) is 19.6 Å². The minimum absolute atomic E-state index is 0.112. The van der Waals surface area contributed by atoms with Crippen molar-refractivity contribution in [2.75, 3.05) is 19.6 Å². The molecule has 1 aromatic carbocycles. The van der Waals surface area contributed by atoms with Crippen molar-refractivity contribution in [2.45, 2.75) is 46.5 Å². The Kier molecular flexibility index (Phi) is 4.74. The predicted octanol–water partition coefficient (Wildman–Crippen LogP) is 3.28. The number of nitrogens with zero attached hydrogens (tertiary/aromatic N) is 2. The summed E-state index contributed by atoms with van der Waals surface area (Å²) >= 11 is 0. The van der Waals surface area contributed by atoms with Crippen LogP contribution in [0, 0.1) is 13.8 Å². The van der Waals surface area contributed by atoms with Gasteiger partial charge < -0.3 is 4.90 Å². The number of carbonyl (C=O) groups excluding carboxylic acids is 2. The largest absolute Gasteiger partial charge is 0.366 e. The molecule has 0 saturated carbocycles. The average Bonchev–Trinajstić information content (AvgIpc) is 2.81. The molecule has 0 spiro atoms. The van der Waals surface area contributed by atoms with E-state index in [4.69, 9.17) is 0 Å². The second kappa shape index (κ2) is 6.80. The van der Waals surface area contributed by atoms with Gasteiger partial charge in [-0.25, -0.2) is 0 Å². The van der Waals surface area contributed by atoms with Crippen LogP contribution in [0.3, 0.4) is 0 Å². The molecule has 1 fully saturated rings. The Morgan fingerprint density at radius 1 is 1.00 bits per heavy atom. The maximum absolute atomic E-state index is 13.0. The topological polar surface area (TPSA) is 40.6 Å². The van der Waals surface area contributed by atoms with Crippen LogP contribution in [0.15, 0.2) is 23.9 Å². The number of amides is 2. The van der Waals surface area contributed by atoms with Crippen LogP contribution in [0.25, 0.3) is 5.57 Å². The first-order valence-electron chi connectivity index (χ1n) is 8.97. The summed E-state index contributed by atoms with van der Waals surface area (Å²) in [5.41, 5.74) is 4.35. The Bertz CT molecular complexity index is 700. The zero-order chi connectivity index (χ0) is 17.3. The summed E-state index contributed by atoms with van der Waals surface area (Å²) in [6.07, 6.45) is 4.15. The molecule has 0 radical (unpaired) electrons. The van der Waals surface area contributed by atoms with Crippen molar-refractivity contribution in [1.29, 1.82) is 0 Å². The first kappa shape index (κ1) is 16.7. The average molecular weight is 326 g/mol. The molecule has 4 nitrogen and oxygen atoms in total. The van der Waals surface area contributed by atoms with E-state index >= 15 is 0 Å². The van der Waals surface area contributed by atoms with E-state index in [-0.39, 0.29) is 11.8 Å². The fourth-order valence-corrected chi connectivity index (χ4v) is 3.74. The van der Waals surface area contributed by atoms with Gasteiger partial charge in [0.15, 0.2) is 0 Å². The zero-order valence-corrected chi connectivity index (χ0v) is 14.9. The van der Waals surface area contributed by atoms with E-state index in [0.717, 1.165) is 43.5 Å². The quantitative estimate of drug-likeness (QED) is 0.797. The Hall–Kier alpha value is -2.10. The molecule has 3 rings (SSSR count). The standard InChI is InChI=1S/C20H26N2O2/c1-4-10-22-19(23)17(16-9-8-14(2)13-15(16)3)18(20(22)24)21-11-6-5-7-12-21/h8-9,13H,4-7,10-12H2,1-3H3. The van der Waals surface area contributed by atoms with Gasteiger partial charge in [-0.1, -0.05) is 30.7 Å². The van der Waals surface area contributed by atoms with Crippen molar-refractivity contribution in [2.24, 2.45) is 0 Å². The number of carbonyl (C=O) groups is 2. The van der Waals surface area contributed by atoms with Crippen LogP contribution in [0.2, 0.25) is 0 Å². The third kappa shape index (κ3) is 2.85. The van der Waals surface area contributed by atoms with E-state index in [1.165, 1.54) is 16.9 Å². The summed E-state index contributed by atoms with van der Waals surface area (Å²) < 4.78 is 0. The SMILES string of the molecule is CCCN1C(=O)C(c2ccc(C)cc2C)=C(N2CCCCC2)C1=O. The van der Waals surface area contributed by atoms with Crippen LogP contribution in [-0.2, 0) is 9.59 Å². The van der Waals surface area contributed by atoms with Crippen molar-refractivity contribution in [3.05, 3.63) is 40.6 Å². The van der Waals surface area contributed by atoms with Crippen LogP contribution in [0.5, 0.6) is 0 Å². The molecule has 0 aromatic heterocycles. The highest BCUT2D eigenvalue weighted by Crippen LogP contribution is 2.34. The third-order valence-corrected chi connectivity index (χ3v) is 4.91. The lowest BCUT2D eigenvalue weighted by Crippen LogP contribution is -2.37. The van der Waals surface area contributed by atoms with Crippen molar-refractivity contribution < 1.29 is 9.59 Å². The predicted molar refractivity (Wildman–Crippen MR) is 95.3 cm³/mol. The number of imide groups is 1. The molecule has 0 bridgehead atoms. The minimum Gasteiger partial charge on any atom is -0.366 e. The van der Waals surface area contributed by atoms with Gasteiger partial charge in [-0.15, -0.1) is 0 Å². The maximum Gasteiger partial charge on any atom is 0.277 e.